The third kappa shape index (κ3) is 66.5. The number of unbranched alkanes of at least 4 members (excludes halogenated alkanes) is 22. The molecular formula is C76H126NO8+. The van der Waals surface area contributed by atoms with Gasteiger partial charge in [0.05, 0.1) is 34.4 Å². The predicted molar refractivity (Wildman–Crippen MR) is 364 cm³/mol. The van der Waals surface area contributed by atoms with E-state index < -0.39 is 24.3 Å². The van der Waals surface area contributed by atoms with Crippen molar-refractivity contribution in [3.8, 4) is 0 Å². The number of likely N-dealkylation sites (N-methyl/N-ethyl adjacent to an activating group) is 1. The van der Waals surface area contributed by atoms with E-state index in [0.29, 0.717) is 17.4 Å². The van der Waals surface area contributed by atoms with E-state index in [1.54, 1.807) is 0 Å². The van der Waals surface area contributed by atoms with Gasteiger partial charge in [-0.1, -0.05) is 275 Å². The number of hydrogen-bond acceptors (Lipinski definition) is 7. The van der Waals surface area contributed by atoms with Crippen LogP contribution in [-0.4, -0.2) is 87.4 Å². The summed E-state index contributed by atoms with van der Waals surface area (Å²) in [6.45, 7) is 4.64. The van der Waals surface area contributed by atoms with Gasteiger partial charge in [0.2, 0.25) is 0 Å². The second-order valence-corrected chi connectivity index (χ2v) is 23.4. The van der Waals surface area contributed by atoms with E-state index in [-0.39, 0.29) is 38.6 Å². The van der Waals surface area contributed by atoms with Crippen molar-refractivity contribution >= 4 is 17.9 Å². The average Bonchev–Trinajstić information content (AvgIpc) is 3.48. The van der Waals surface area contributed by atoms with Crippen molar-refractivity contribution in [2.75, 3.05) is 47.5 Å². The molecule has 1 N–H and O–H groups in total. The molecule has 0 amide bonds. The van der Waals surface area contributed by atoms with Gasteiger partial charge in [0.25, 0.3) is 6.29 Å². The predicted octanol–water partition coefficient (Wildman–Crippen LogP) is 21.1. The number of carboxylic acids is 1. The van der Waals surface area contributed by atoms with E-state index in [0.717, 1.165) is 128 Å². The van der Waals surface area contributed by atoms with Crippen LogP contribution in [0.25, 0.3) is 0 Å². The van der Waals surface area contributed by atoms with Gasteiger partial charge in [-0.3, -0.25) is 9.59 Å². The van der Waals surface area contributed by atoms with Gasteiger partial charge in [0, 0.05) is 12.8 Å². The molecule has 0 radical (unpaired) electrons. The molecule has 0 aliphatic heterocycles. The maximum Gasteiger partial charge on any atom is 0.361 e. The lowest BCUT2D eigenvalue weighted by Gasteiger charge is -2.25. The van der Waals surface area contributed by atoms with Crippen LogP contribution in [0.4, 0.5) is 0 Å². The number of carboxylic acid groups (broad SMARTS) is 1. The fourth-order valence-electron chi connectivity index (χ4n) is 8.96. The van der Waals surface area contributed by atoms with E-state index in [1.807, 2.05) is 21.1 Å². The molecule has 0 aliphatic rings. The van der Waals surface area contributed by atoms with E-state index in [1.165, 1.54) is 96.3 Å². The first-order chi connectivity index (χ1) is 41.6. The molecule has 0 saturated carbocycles. The lowest BCUT2D eigenvalue weighted by molar-refractivity contribution is -0.870. The Hall–Kier alpha value is -4.83. The molecule has 0 rings (SSSR count). The number of carbonyl (C=O) groups is 3. The van der Waals surface area contributed by atoms with Crippen molar-refractivity contribution < 1.29 is 42.9 Å². The Kier molecular flexibility index (Phi) is 61.4. The zero-order valence-corrected chi connectivity index (χ0v) is 55.0. The van der Waals surface area contributed by atoms with Gasteiger partial charge in [-0.05, 0) is 116 Å². The molecule has 0 heterocycles. The first-order valence-electron chi connectivity index (χ1n) is 34.0. The minimum absolute atomic E-state index is 0.180. The van der Waals surface area contributed by atoms with Crippen LogP contribution in [0, 0.1) is 0 Å². The number of rotatable bonds is 61. The smallest absolute Gasteiger partial charge is 0.361 e. The van der Waals surface area contributed by atoms with Crippen molar-refractivity contribution in [1.29, 1.82) is 0 Å². The summed E-state index contributed by atoms with van der Waals surface area (Å²) in [5.41, 5.74) is 0. The van der Waals surface area contributed by atoms with E-state index in [2.05, 4.69) is 160 Å². The lowest BCUT2D eigenvalue weighted by Crippen LogP contribution is -2.40. The Balaban J connectivity index is 4.17. The van der Waals surface area contributed by atoms with Gasteiger partial charge >= 0.3 is 17.9 Å². The summed E-state index contributed by atoms with van der Waals surface area (Å²) in [4.78, 5) is 37.6. The number of hydrogen-bond donors (Lipinski definition) is 1. The number of quaternary nitrogens is 1. The van der Waals surface area contributed by atoms with E-state index in [4.69, 9.17) is 18.9 Å². The molecule has 0 spiro atoms. The molecule has 0 aliphatic carbocycles. The first kappa shape index (κ1) is 80.2. The molecule has 0 aromatic rings. The highest BCUT2D eigenvalue weighted by Gasteiger charge is 2.25. The van der Waals surface area contributed by atoms with Crippen molar-refractivity contribution in [3.05, 3.63) is 146 Å². The Morgan fingerprint density at radius 2 is 0.635 bits per heavy atom. The fourth-order valence-corrected chi connectivity index (χ4v) is 8.96. The van der Waals surface area contributed by atoms with Crippen molar-refractivity contribution in [2.45, 2.75) is 270 Å². The Morgan fingerprint density at radius 3 is 0.941 bits per heavy atom. The number of ether oxygens (including phenoxy) is 4. The molecule has 85 heavy (non-hydrogen) atoms. The number of aliphatic carboxylic acids is 1. The van der Waals surface area contributed by atoms with Gasteiger partial charge in [-0.2, -0.15) is 0 Å². The van der Waals surface area contributed by atoms with Crippen LogP contribution in [0.2, 0.25) is 0 Å². The average molecular weight is 1180 g/mol. The Bertz CT molecular complexity index is 1900. The second-order valence-electron chi connectivity index (χ2n) is 23.4. The highest BCUT2D eigenvalue weighted by atomic mass is 16.7. The zero-order valence-electron chi connectivity index (χ0n) is 55.0. The van der Waals surface area contributed by atoms with Crippen LogP contribution in [0.5, 0.6) is 0 Å². The fraction of sp³-hybridized carbons (Fsp3) is 0.645. The molecule has 2 atom stereocenters. The zero-order chi connectivity index (χ0) is 61.9. The van der Waals surface area contributed by atoms with Crippen LogP contribution in [0.1, 0.15) is 258 Å². The van der Waals surface area contributed by atoms with Crippen LogP contribution in [0.3, 0.4) is 0 Å². The SMILES string of the molecule is CC/C=C\C/C=C\C/C=C\C/C=C\C/C=C\C/C=C\C/C=C\CCCCCCCCCCCCCCCC(=O)OC(COC(=O)CCCCCCCCCCC/C=C\C/C=C\C/C=C\C/C=C\C/C=C\CC)COC(OCC[N+](C)(C)C)C(=O)O. The maximum atomic E-state index is 12.9. The van der Waals surface area contributed by atoms with Crippen LogP contribution < -0.4 is 0 Å². The monoisotopic (exact) mass is 1180 g/mol. The highest BCUT2D eigenvalue weighted by Crippen LogP contribution is 2.16. The summed E-state index contributed by atoms with van der Waals surface area (Å²) in [5.74, 6) is -2.02. The van der Waals surface area contributed by atoms with Crippen molar-refractivity contribution in [1.82, 2.24) is 0 Å². The number of allylic oxidation sites excluding steroid dienone is 24. The lowest BCUT2D eigenvalue weighted by atomic mass is 10.0. The number of esters is 2. The minimum atomic E-state index is -1.52. The molecular weight excluding hydrogens is 1050 g/mol. The number of carbonyl (C=O) groups excluding carboxylic acids is 2. The highest BCUT2D eigenvalue weighted by molar-refractivity contribution is 5.71. The van der Waals surface area contributed by atoms with Gasteiger partial charge < -0.3 is 28.5 Å². The van der Waals surface area contributed by atoms with Gasteiger partial charge in [0.1, 0.15) is 13.2 Å². The molecule has 0 saturated heterocycles. The molecule has 482 valence electrons. The molecule has 9 nitrogen and oxygen atoms in total. The molecule has 0 aromatic heterocycles. The van der Waals surface area contributed by atoms with Crippen LogP contribution in [-0.2, 0) is 33.3 Å². The summed E-state index contributed by atoms with van der Waals surface area (Å²) in [7, 11) is 5.97. The molecule has 9 heteroatoms. The third-order valence-corrected chi connectivity index (χ3v) is 14.1. The summed E-state index contributed by atoms with van der Waals surface area (Å²) in [5, 5.41) is 9.74. The first-order valence-corrected chi connectivity index (χ1v) is 34.0. The molecule has 0 aromatic carbocycles. The number of nitrogens with zero attached hydrogens (tertiary/aromatic N) is 1. The summed E-state index contributed by atoms with van der Waals surface area (Å²) < 4.78 is 23.0. The van der Waals surface area contributed by atoms with E-state index in [9.17, 15) is 19.5 Å². The minimum Gasteiger partial charge on any atom is -0.477 e. The van der Waals surface area contributed by atoms with Crippen molar-refractivity contribution in [2.24, 2.45) is 0 Å². The summed E-state index contributed by atoms with van der Waals surface area (Å²) in [6, 6.07) is 0. The van der Waals surface area contributed by atoms with Crippen LogP contribution >= 0.6 is 0 Å². The van der Waals surface area contributed by atoms with Gasteiger partial charge in [-0.25, -0.2) is 4.79 Å². The van der Waals surface area contributed by atoms with Gasteiger partial charge in [-0.15, -0.1) is 0 Å². The second kappa shape index (κ2) is 65.2. The van der Waals surface area contributed by atoms with E-state index >= 15 is 0 Å². The molecule has 0 bridgehead atoms. The Morgan fingerprint density at radius 1 is 0.353 bits per heavy atom. The van der Waals surface area contributed by atoms with Gasteiger partial charge in [0.15, 0.2) is 6.10 Å². The van der Waals surface area contributed by atoms with Crippen LogP contribution in [0.15, 0.2) is 146 Å². The van der Waals surface area contributed by atoms with Crippen molar-refractivity contribution in [3.63, 3.8) is 0 Å². The summed E-state index contributed by atoms with van der Waals surface area (Å²) >= 11 is 0. The largest absolute Gasteiger partial charge is 0.477 e. The standard InChI is InChI=1S/C76H125NO8/c1-6-8-10-12-14-16-18-20-22-24-26-28-30-32-33-34-35-36-37-38-39-40-41-43-45-47-49-51-53-55-57-59-61-63-65-67-74(79)85-72(71-84-76(75(80)81)82-69-68-77(3,4)5)70-83-73(78)66-64-62-60-58-56-54-52-50-48-46-44-42-31-29-27-25-23-21-19-17-15-13-11-9-7-2/h8-11,14-17,20-23,26-29,32-33,35-36,38-39,42,44,72,76H,6-7,12-13,18-19,24-25,30-31,34,37,40-41,43,45-71H2,1-5H3/p+1/b10-8-,11-9-,16-14-,17-15-,22-20-,23-21-,28-26-,29-27-,33-32-,36-35-,39-38-,44-42-. The Labute approximate surface area is 522 Å². The topological polar surface area (TPSA) is 108 Å². The molecule has 2 unspecified atom stereocenters. The normalized spacial score (nSPS) is 13.7. The quantitative estimate of drug-likeness (QED) is 0.0211. The summed E-state index contributed by atoms with van der Waals surface area (Å²) in [6.07, 6.45) is 92.3. The third-order valence-electron chi connectivity index (χ3n) is 14.1. The molecule has 0 fully saturated rings. The maximum absolute atomic E-state index is 12.9.